The third-order valence-electron chi connectivity index (χ3n) is 5.69. The molecule has 0 N–H and O–H groups in total. The van der Waals surface area contributed by atoms with Gasteiger partial charge >= 0.3 is 0 Å². The zero-order valence-electron chi connectivity index (χ0n) is 15.1. The van der Waals surface area contributed by atoms with E-state index in [1.54, 1.807) is 0 Å². The van der Waals surface area contributed by atoms with E-state index in [9.17, 15) is 21.0 Å². The Bertz CT molecular complexity index is 1300. The molecule has 3 aliphatic carbocycles. The number of fused-ring (bicyclic) bond motifs is 5. The molecule has 0 spiro atoms. The SMILES string of the molecule is N#CC(C#N)=C1C2=C(C3=C(C2)C(=C(C#N)C#N)c2ccccc23)c2ccccc21. The van der Waals surface area contributed by atoms with E-state index in [2.05, 4.69) is 0 Å². The van der Waals surface area contributed by atoms with Gasteiger partial charge in [0.05, 0.1) is 0 Å². The average molecular weight is 366 g/mol. The van der Waals surface area contributed by atoms with Crippen molar-refractivity contribution in [1.29, 1.82) is 21.0 Å². The fraction of sp³-hybridized carbons (Fsp3) is 0.0400. The van der Waals surface area contributed by atoms with Gasteiger partial charge in [-0.3, -0.25) is 0 Å². The number of rotatable bonds is 0. The molecule has 2 aromatic rings. The van der Waals surface area contributed by atoms with Crippen LogP contribution in [0.3, 0.4) is 0 Å². The first-order valence-electron chi connectivity index (χ1n) is 9.01. The first kappa shape index (κ1) is 16.5. The van der Waals surface area contributed by atoms with Gasteiger partial charge in [0.2, 0.25) is 0 Å². The van der Waals surface area contributed by atoms with Crippen molar-refractivity contribution in [2.45, 2.75) is 6.42 Å². The lowest BCUT2D eigenvalue weighted by molar-refractivity contribution is 1.27. The fourth-order valence-corrected chi connectivity index (χ4v) is 4.68. The first-order valence-corrected chi connectivity index (χ1v) is 9.01. The zero-order valence-corrected chi connectivity index (χ0v) is 15.1. The number of allylic oxidation sites excluding steroid dienone is 8. The summed E-state index contributed by atoms with van der Waals surface area (Å²) in [7, 11) is 0. The van der Waals surface area contributed by atoms with Gasteiger partial charge in [-0.05, 0) is 44.5 Å². The van der Waals surface area contributed by atoms with Gasteiger partial charge in [-0.2, -0.15) is 21.0 Å². The maximum Gasteiger partial charge on any atom is 0.137 e. The standard InChI is InChI=1S/C25H10N4/c26-10-14(11-27)22-16-5-1-3-7-18(16)24-20(22)9-21-23(15(12-28)13-29)17-6-2-4-8-19(17)25(21)24/h1-8H,9H2. The minimum atomic E-state index is 0.0863. The van der Waals surface area contributed by atoms with Crippen molar-refractivity contribution in [1.82, 2.24) is 0 Å². The minimum Gasteiger partial charge on any atom is -0.192 e. The lowest BCUT2D eigenvalue weighted by Gasteiger charge is -2.10. The molecule has 3 aliphatic rings. The van der Waals surface area contributed by atoms with Gasteiger partial charge < -0.3 is 0 Å². The lowest BCUT2D eigenvalue weighted by atomic mass is 9.91. The smallest absolute Gasteiger partial charge is 0.137 e. The highest BCUT2D eigenvalue weighted by molar-refractivity contribution is 6.27. The van der Waals surface area contributed by atoms with E-state index >= 15 is 0 Å². The minimum absolute atomic E-state index is 0.0863. The third kappa shape index (κ3) is 1.98. The van der Waals surface area contributed by atoms with Crippen molar-refractivity contribution in [3.63, 3.8) is 0 Å². The van der Waals surface area contributed by atoms with Gasteiger partial charge in [0.15, 0.2) is 0 Å². The highest BCUT2D eigenvalue weighted by Gasteiger charge is 2.42. The number of nitriles is 4. The Labute approximate surface area is 167 Å². The fourth-order valence-electron chi connectivity index (χ4n) is 4.68. The molecule has 0 saturated carbocycles. The summed E-state index contributed by atoms with van der Waals surface area (Å²) in [6.07, 6.45) is 0.485. The number of benzene rings is 2. The molecule has 0 fully saturated rings. The van der Waals surface area contributed by atoms with Crippen molar-refractivity contribution >= 4 is 22.3 Å². The quantitative estimate of drug-likeness (QED) is 0.618. The molecule has 4 nitrogen and oxygen atoms in total. The molecule has 0 amide bonds. The van der Waals surface area contributed by atoms with Crippen molar-refractivity contribution < 1.29 is 0 Å². The summed E-state index contributed by atoms with van der Waals surface area (Å²) < 4.78 is 0. The summed E-state index contributed by atoms with van der Waals surface area (Å²) >= 11 is 0. The van der Waals surface area contributed by atoms with Gasteiger partial charge in [-0.1, -0.05) is 48.5 Å². The molecule has 0 radical (unpaired) electrons. The van der Waals surface area contributed by atoms with E-state index in [1.165, 1.54) is 0 Å². The van der Waals surface area contributed by atoms with Crippen LogP contribution in [0.2, 0.25) is 0 Å². The van der Waals surface area contributed by atoms with E-state index in [1.807, 2.05) is 72.8 Å². The Balaban J connectivity index is 1.89. The molecule has 0 bridgehead atoms. The molecule has 0 saturated heterocycles. The van der Waals surface area contributed by atoms with Crippen molar-refractivity contribution in [3.05, 3.63) is 93.1 Å². The number of hydrogen-bond donors (Lipinski definition) is 0. The molecule has 0 heterocycles. The molecular formula is C25H10N4. The van der Waals surface area contributed by atoms with Crippen LogP contribution in [0.4, 0.5) is 0 Å². The first-order chi connectivity index (χ1) is 14.2. The van der Waals surface area contributed by atoms with Crippen LogP contribution < -0.4 is 0 Å². The molecule has 2 aromatic carbocycles. The summed E-state index contributed by atoms with van der Waals surface area (Å²) in [5.41, 5.74) is 9.12. The third-order valence-corrected chi connectivity index (χ3v) is 5.69. The Kier molecular flexibility index (Phi) is 3.38. The van der Waals surface area contributed by atoms with Gasteiger partial charge in [0, 0.05) is 17.6 Å². The topological polar surface area (TPSA) is 95.2 Å². The van der Waals surface area contributed by atoms with E-state index in [-0.39, 0.29) is 11.1 Å². The molecule has 0 aromatic heterocycles. The summed E-state index contributed by atoms with van der Waals surface area (Å²) in [6.45, 7) is 0. The Morgan fingerprint density at radius 2 is 0.897 bits per heavy atom. The Hall–Kier alpha value is -4.64. The molecule has 0 aliphatic heterocycles. The Morgan fingerprint density at radius 1 is 0.552 bits per heavy atom. The average Bonchev–Trinajstić information content (AvgIpc) is 3.38. The lowest BCUT2D eigenvalue weighted by Crippen LogP contribution is -1.94. The van der Waals surface area contributed by atoms with Crippen molar-refractivity contribution in [2.75, 3.05) is 0 Å². The normalized spacial score (nSPS) is 14.9. The maximum absolute atomic E-state index is 9.55. The van der Waals surface area contributed by atoms with Gasteiger partial charge in [-0.15, -0.1) is 0 Å². The highest BCUT2D eigenvalue weighted by Crippen LogP contribution is 2.61. The van der Waals surface area contributed by atoms with Gasteiger partial charge in [0.1, 0.15) is 35.4 Å². The van der Waals surface area contributed by atoms with Crippen LogP contribution in [-0.2, 0) is 0 Å². The van der Waals surface area contributed by atoms with Crippen molar-refractivity contribution in [3.8, 4) is 24.3 Å². The van der Waals surface area contributed by atoms with E-state index in [0.29, 0.717) is 17.6 Å². The Morgan fingerprint density at radius 3 is 1.24 bits per heavy atom. The van der Waals surface area contributed by atoms with Crippen LogP contribution in [0.5, 0.6) is 0 Å². The second kappa shape index (κ2) is 5.94. The highest BCUT2D eigenvalue weighted by atomic mass is 14.5. The molecular weight excluding hydrogens is 356 g/mol. The second-order valence-corrected chi connectivity index (χ2v) is 6.92. The summed E-state index contributed by atoms with van der Waals surface area (Å²) in [5.74, 6) is 0. The predicted octanol–water partition coefficient (Wildman–Crippen LogP) is 4.93. The summed E-state index contributed by atoms with van der Waals surface area (Å²) in [5, 5.41) is 38.2. The molecule has 0 unspecified atom stereocenters. The van der Waals surface area contributed by atoms with E-state index in [0.717, 1.165) is 44.5 Å². The van der Waals surface area contributed by atoms with E-state index in [4.69, 9.17) is 0 Å². The van der Waals surface area contributed by atoms with Crippen LogP contribution in [0, 0.1) is 45.3 Å². The molecule has 130 valence electrons. The van der Waals surface area contributed by atoms with Crippen LogP contribution in [-0.4, -0.2) is 0 Å². The zero-order chi connectivity index (χ0) is 20.1. The van der Waals surface area contributed by atoms with Crippen molar-refractivity contribution in [2.24, 2.45) is 0 Å². The van der Waals surface area contributed by atoms with Crippen LogP contribution in [0.15, 0.2) is 70.8 Å². The molecule has 5 rings (SSSR count). The van der Waals surface area contributed by atoms with E-state index < -0.39 is 0 Å². The predicted molar refractivity (Wildman–Crippen MR) is 108 cm³/mol. The largest absolute Gasteiger partial charge is 0.192 e. The maximum atomic E-state index is 9.55. The monoisotopic (exact) mass is 366 g/mol. The van der Waals surface area contributed by atoms with Gasteiger partial charge in [-0.25, -0.2) is 0 Å². The van der Waals surface area contributed by atoms with Crippen LogP contribution >= 0.6 is 0 Å². The summed E-state index contributed by atoms with van der Waals surface area (Å²) in [6, 6.07) is 23.7. The molecule has 0 atom stereocenters. The summed E-state index contributed by atoms with van der Waals surface area (Å²) in [4.78, 5) is 0. The van der Waals surface area contributed by atoms with Gasteiger partial charge in [0.25, 0.3) is 0 Å². The van der Waals surface area contributed by atoms with Crippen LogP contribution in [0.25, 0.3) is 22.3 Å². The molecule has 29 heavy (non-hydrogen) atoms. The molecule has 4 heteroatoms. The van der Waals surface area contributed by atoms with Crippen LogP contribution in [0.1, 0.15) is 28.7 Å². The number of nitrogens with zero attached hydrogens (tertiary/aromatic N) is 4. The number of hydrogen-bond acceptors (Lipinski definition) is 4. The second-order valence-electron chi connectivity index (χ2n) is 6.92.